The van der Waals surface area contributed by atoms with Gasteiger partial charge in [-0.25, -0.2) is 8.42 Å². The summed E-state index contributed by atoms with van der Waals surface area (Å²) in [7, 11) is -4.33. The molecule has 0 fully saturated rings. The Morgan fingerprint density at radius 1 is 1.09 bits per heavy atom. The van der Waals surface area contributed by atoms with Crippen molar-refractivity contribution in [2.45, 2.75) is 18.0 Å². The molecule has 118 valence electrons. The Balaban J connectivity index is 2.48. The molecule has 8 heteroatoms. The lowest BCUT2D eigenvalue weighted by Gasteiger charge is -2.15. The van der Waals surface area contributed by atoms with Gasteiger partial charge in [0.1, 0.15) is 0 Å². The number of anilines is 1. The number of nitrogens with one attached hydrogen (secondary N) is 1. The van der Waals surface area contributed by atoms with Gasteiger partial charge in [-0.15, -0.1) is 0 Å². The van der Waals surface area contributed by atoms with E-state index in [1.807, 2.05) is 0 Å². The molecular weight excluding hydrogens is 430 g/mol. The number of rotatable bonds is 3. The summed E-state index contributed by atoms with van der Waals surface area (Å²) in [6.45, 7) is 1.68. The molecular formula is C14H11F3INO2S. The zero-order valence-corrected chi connectivity index (χ0v) is 14.3. The maximum atomic E-state index is 13.0. The van der Waals surface area contributed by atoms with Gasteiger partial charge < -0.3 is 0 Å². The van der Waals surface area contributed by atoms with Crippen LogP contribution in [0.2, 0.25) is 0 Å². The fourth-order valence-corrected chi connectivity index (χ4v) is 3.88. The number of alkyl halides is 3. The van der Waals surface area contributed by atoms with Crippen molar-refractivity contribution in [3.05, 3.63) is 57.2 Å². The Labute approximate surface area is 139 Å². The van der Waals surface area contributed by atoms with Crippen LogP contribution in [0.1, 0.15) is 11.1 Å². The second kappa shape index (κ2) is 6.07. The van der Waals surface area contributed by atoms with Gasteiger partial charge in [-0.05, 0) is 65.4 Å². The SMILES string of the molecule is Cc1cc(I)ccc1NS(=O)(=O)c1ccccc1C(F)(F)F. The molecule has 22 heavy (non-hydrogen) atoms. The molecule has 2 rings (SSSR count). The highest BCUT2D eigenvalue weighted by atomic mass is 127. The zero-order chi connectivity index (χ0) is 16.5. The topological polar surface area (TPSA) is 46.2 Å². The molecule has 0 bridgehead atoms. The maximum Gasteiger partial charge on any atom is 0.417 e. The molecule has 0 aliphatic heterocycles. The van der Waals surface area contributed by atoms with Gasteiger partial charge in [-0.3, -0.25) is 4.72 Å². The predicted octanol–water partition coefficient (Wildman–Crippen LogP) is 4.42. The second-order valence-corrected chi connectivity index (χ2v) is 7.46. The number of hydrogen-bond acceptors (Lipinski definition) is 2. The molecule has 3 nitrogen and oxygen atoms in total. The number of halogens is 4. The van der Waals surface area contributed by atoms with E-state index in [9.17, 15) is 21.6 Å². The van der Waals surface area contributed by atoms with Gasteiger partial charge >= 0.3 is 6.18 Å². The van der Waals surface area contributed by atoms with Crippen LogP contribution in [-0.2, 0) is 16.2 Å². The van der Waals surface area contributed by atoms with Gasteiger partial charge in [0.25, 0.3) is 10.0 Å². The first-order valence-corrected chi connectivity index (χ1v) is 8.62. The summed E-state index contributed by atoms with van der Waals surface area (Å²) in [4.78, 5) is -0.791. The standard InChI is InChI=1S/C14H11F3INO2S/c1-9-8-10(18)6-7-12(9)19-22(20,21)13-5-3-2-4-11(13)14(15,16)17/h2-8,19H,1H3. The van der Waals surface area contributed by atoms with Crippen LogP contribution in [0, 0.1) is 10.5 Å². The third-order valence-electron chi connectivity index (χ3n) is 2.91. The molecule has 2 aromatic carbocycles. The lowest BCUT2D eigenvalue weighted by atomic mass is 10.2. The number of sulfonamides is 1. The van der Waals surface area contributed by atoms with Gasteiger partial charge in [0.2, 0.25) is 0 Å². The summed E-state index contributed by atoms with van der Waals surface area (Å²) in [6, 6.07) is 9.01. The van der Waals surface area contributed by atoms with Crippen molar-refractivity contribution in [2.24, 2.45) is 0 Å². The Morgan fingerprint density at radius 3 is 2.32 bits per heavy atom. The largest absolute Gasteiger partial charge is 0.417 e. The van der Waals surface area contributed by atoms with Gasteiger partial charge in [0, 0.05) is 3.57 Å². The molecule has 0 aliphatic carbocycles. The van der Waals surface area contributed by atoms with Crippen molar-refractivity contribution in [1.29, 1.82) is 0 Å². The number of benzene rings is 2. The average molecular weight is 441 g/mol. The molecule has 0 aromatic heterocycles. The van der Waals surface area contributed by atoms with Crippen LogP contribution >= 0.6 is 22.6 Å². The van der Waals surface area contributed by atoms with Crippen molar-refractivity contribution < 1.29 is 21.6 Å². The van der Waals surface area contributed by atoms with Gasteiger partial charge in [0.15, 0.2) is 0 Å². The molecule has 0 amide bonds. The minimum atomic E-state index is -4.74. The normalized spacial score (nSPS) is 12.2. The number of aryl methyl sites for hydroxylation is 1. The minimum absolute atomic E-state index is 0.248. The minimum Gasteiger partial charge on any atom is -0.279 e. The summed E-state index contributed by atoms with van der Waals surface area (Å²) >= 11 is 2.06. The molecule has 0 saturated carbocycles. The summed E-state index contributed by atoms with van der Waals surface area (Å²) in [5, 5.41) is 0. The highest BCUT2D eigenvalue weighted by molar-refractivity contribution is 14.1. The Kier molecular flexibility index (Phi) is 4.71. The fourth-order valence-electron chi connectivity index (χ4n) is 1.88. The summed E-state index contributed by atoms with van der Waals surface area (Å²) in [6.07, 6.45) is -4.74. The highest BCUT2D eigenvalue weighted by Crippen LogP contribution is 2.34. The molecule has 0 heterocycles. The smallest absolute Gasteiger partial charge is 0.279 e. The van der Waals surface area contributed by atoms with Crippen LogP contribution in [-0.4, -0.2) is 8.42 Å². The van der Waals surface area contributed by atoms with Crippen molar-refractivity contribution in [1.82, 2.24) is 0 Å². The number of hydrogen-bond donors (Lipinski definition) is 1. The Bertz CT molecular complexity index is 804. The van der Waals surface area contributed by atoms with E-state index in [4.69, 9.17) is 0 Å². The van der Waals surface area contributed by atoms with Crippen LogP contribution < -0.4 is 4.72 Å². The third kappa shape index (κ3) is 3.72. The third-order valence-corrected chi connectivity index (χ3v) is 5.01. The molecule has 0 saturated heterocycles. The first kappa shape index (κ1) is 17.1. The molecule has 0 radical (unpaired) electrons. The van der Waals surface area contributed by atoms with Crippen molar-refractivity contribution in [3.8, 4) is 0 Å². The maximum absolute atomic E-state index is 13.0. The monoisotopic (exact) mass is 441 g/mol. The lowest BCUT2D eigenvalue weighted by molar-refractivity contribution is -0.139. The average Bonchev–Trinajstić information content (AvgIpc) is 2.41. The first-order valence-electron chi connectivity index (χ1n) is 6.06. The Morgan fingerprint density at radius 2 is 1.73 bits per heavy atom. The molecule has 2 aromatic rings. The van der Waals surface area contributed by atoms with Gasteiger partial charge in [0.05, 0.1) is 16.1 Å². The van der Waals surface area contributed by atoms with E-state index in [0.29, 0.717) is 5.56 Å². The summed E-state index contributed by atoms with van der Waals surface area (Å²) < 4.78 is 66.6. The second-order valence-electron chi connectivity index (χ2n) is 4.56. The molecule has 0 unspecified atom stereocenters. The first-order chi connectivity index (χ1) is 10.1. The quantitative estimate of drug-likeness (QED) is 0.718. The van der Waals surface area contributed by atoms with E-state index in [1.54, 1.807) is 19.1 Å². The van der Waals surface area contributed by atoms with Crippen LogP contribution in [0.3, 0.4) is 0 Å². The van der Waals surface area contributed by atoms with Gasteiger partial charge in [-0.2, -0.15) is 13.2 Å². The van der Waals surface area contributed by atoms with Crippen LogP contribution in [0.4, 0.5) is 18.9 Å². The lowest BCUT2D eigenvalue weighted by Crippen LogP contribution is -2.19. The van der Waals surface area contributed by atoms with Crippen molar-refractivity contribution >= 4 is 38.3 Å². The van der Waals surface area contributed by atoms with E-state index < -0.39 is 26.7 Å². The van der Waals surface area contributed by atoms with Gasteiger partial charge in [-0.1, -0.05) is 12.1 Å². The van der Waals surface area contributed by atoms with Crippen molar-refractivity contribution in [3.63, 3.8) is 0 Å². The molecule has 1 N–H and O–H groups in total. The zero-order valence-electron chi connectivity index (χ0n) is 11.3. The Hall–Kier alpha value is -1.29. The van der Waals surface area contributed by atoms with E-state index in [2.05, 4.69) is 27.3 Å². The van der Waals surface area contributed by atoms with E-state index in [0.717, 1.165) is 21.8 Å². The molecule has 0 atom stereocenters. The van der Waals surface area contributed by atoms with Crippen molar-refractivity contribution in [2.75, 3.05) is 4.72 Å². The highest BCUT2D eigenvalue weighted by Gasteiger charge is 2.36. The summed E-state index contributed by atoms with van der Waals surface area (Å²) in [5.41, 5.74) is -0.317. The van der Waals surface area contributed by atoms with E-state index in [1.165, 1.54) is 12.1 Å². The van der Waals surface area contributed by atoms with Crippen LogP contribution in [0.5, 0.6) is 0 Å². The summed E-state index contributed by atoms with van der Waals surface area (Å²) in [5.74, 6) is 0. The van der Waals surface area contributed by atoms with Crippen LogP contribution in [0.15, 0.2) is 47.4 Å². The fraction of sp³-hybridized carbons (Fsp3) is 0.143. The van der Waals surface area contributed by atoms with E-state index >= 15 is 0 Å². The van der Waals surface area contributed by atoms with E-state index in [-0.39, 0.29) is 5.69 Å². The molecule has 0 spiro atoms. The predicted molar refractivity (Wildman–Crippen MR) is 86.1 cm³/mol. The molecule has 0 aliphatic rings. The van der Waals surface area contributed by atoms with Crippen LogP contribution in [0.25, 0.3) is 0 Å².